The van der Waals surface area contributed by atoms with Gasteiger partial charge in [-0.15, -0.1) is 0 Å². The number of carbonyl (C=O) groups excluding carboxylic acids is 1. The lowest BCUT2D eigenvalue weighted by Gasteiger charge is -2.32. The van der Waals surface area contributed by atoms with Gasteiger partial charge >= 0.3 is 4.87 Å². The Bertz CT molecular complexity index is 1110. The Hall–Kier alpha value is -2.15. The molecule has 0 fully saturated rings. The second-order valence-electron chi connectivity index (χ2n) is 6.24. The predicted octanol–water partition coefficient (Wildman–Crippen LogP) is 5.09. The maximum absolute atomic E-state index is 13.3. The highest BCUT2D eigenvalue weighted by Crippen LogP contribution is 2.46. The van der Waals surface area contributed by atoms with Gasteiger partial charge in [0.25, 0.3) is 0 Å². The van der Waals surface area contributed by atoms with Crippen molar-refractivity contribution in [2.24, 2.45) is 7.05 Å². The highest BCUT2D eigenvalue weighted by molar-refractivity contribution is 7.10. The first-order chi connectivity index (χ1) is 12.9. The van der Waals surface area contributed by atoms with Crippen molar-refractivity contribution in [3.05, 3.63) is 78.4 Å². The maximum atomic E-state index is 13.3. The minimum Gasteiger partial charge on any atom is -0.288 e. The van der Waals surface area contributed by atoms with Crippen molar-refractivity contribution in [2.45, 2.75) is 12.3 Å². The van der Waals surface area contributed by atoms with Gasteiger partial charge in [-0.1, -0.05) is 40.6 Å². The summed E-state index contributed by atoms with van der Waals surface area (Å²) in [6, 6.07) is 10.7. The lowest BCUT2D eigenvalue weighted by molar-refractivity contribution is -0.118. The Morgan fingerprint density at radius 3 is 2.48 bits per heavy atom. The van der Waals surface area contributed by atoms with Crippen LogP contribution < -0.4 is 9.77 Å². The molecule has 8 heteroatoms. The summed E-state index contributed by atoms with van der Waals surface area (Å²) in [6.07, 6.45) is 0.145. The predicted molar refractivity (Wildman–Crippen MR) is 106 cm³/mol. The average Bonchev–Trinajstić information content (AvgIpc) is 2.91. The maximum Gasteiger partial charge on any atom is 0.308 e. The molecule has 1 aromatic heterocycles. The molecule has 4 nitrogen and oxygen atoms in total. The van der Waals surface area contributed by atoms with E-state index in [0.29, 0.717) is 21.6 Å². The molecule has 27 heavy (non-hydrogen) atoms. The van der Waals surface area contributed by atoms with Crippen LogP contribution >= 0.6 is 34.5 Å². The van der Waals surface area contributed by atoms with Gasteiger partial charge in [0, 0.05) is 29.4 Å². The van der Waals surface area contributed by atoms with E-state index in [0.717, 1.165) is 21.8 Å². The summed E-state index contributed by atoms with van der Waals surface area (Å²) in [4.78, 5) is 27.4. The fraction of sp³-hybridized carbons (Fsp3) is 0.158. The normalized spacial score (nSPS) is 16.5. The van der Waals surface area contributed by atoms with Crippen molar-refractivity contribution in [3.63, 3.8) is 0 Å². The number of halogens is 3. The van der Waals surface area contributed by atoms with Gasteiger partial charge < -0.3 is 0 Å². The van der Waals surface area contributed by atoms with E-state index in [9.17, 15) is 14.0 Å². The molecule has 3 aromatic rings. The molecule has 0 aliphatic carbocycles. The fourth-order valence-corrected chi connectivity index (χ4v) is 4.94. The Kier molecular flexibility index (Phi) is 4.58. The quantitative estimate of drug-likeness (QED) is 0.576. The molecule has 0 N–H and O–H groups in total. The van der Waals surface area contributed by atoms with Crippen molar-refractivity contribution in [1.29, 1.82) is 0 Å². The summed E-state index contributed by atoms with van der Waals surface area (Å²) in [5.41, 5.74) is 1.26. The molecule has 1 amide bonds. The van der Waals surface area contributed by atoms with Gasteiger partial charge in [-0.3, -0.25) is 19.1 Å². The smallest absolute Gasteiger partial charge is 0.288 e. The number of anilines is 2. The second-order valence-corrected chi connectivity index (χ2v) is 8.08. The van der Waals surface area contributed by atoms with Crippen LogP contribution in [0.25, 0.3) is 0 Å². The molecule has 0 saturated carbocycles. The van der Waals surface area contributed by atoms with Crippen LogP contribution in [0.3, 0.4) is 0 Å². The van der Waals surface area contributed by atoms with Gasteiger partial charge in [-0.25, -0.2) is 4.39 Å². The van der Waals surface area contributed by atoms with Gasteiger partial charge in [0.05, 0.1) is 10.6 Å². The molecule has 0 saturated heterocycles. The number of benzene rings is 2. The van der Waals surface area contributed by atoms with Crippen molar-refractivity contribution < 1.29 is 9.18 Å². The molecule has 1 aliphatic rings. The summed E-state index contributed by atoms with van der Waals surface area (Å²) in [7, 11) is 1.62. The van der Waals surface area contributed by atoms with Gasteiger partial charge in [0.1, 0.15) is 11.6 Å². The lowest BCUT2D eigenvalue weighted by Crippen LogP contribution is -2.34. The average molecular weight is 423 g/mol. The van der Waals surface area contributed by atoms with Crippen LogP contribution in [0.5, 0.6) is 0 Å². The molecular weight excluding hydrogens is 410 g/mol. The number of hydrogen-bond donors (Lipinski definition) is 0. The van der Waals surface area contributed by atoms with Crippen LogP contribution in [-0.4, -0.2) is 10.5 Å². The Morgan fingerprint density at radius 1 is 1.11 bits per heavy atom. The lowest BCUT2D eigenvalue weighted by atomic mass is 9.90. The molecule has 1 aliphatic heterocycles. The number of fused-ring (bicyclic) bond motifs is 1. The van der Waals surface area contributed by atoms with Crippen LogP contribution in [-0.2, 0) is 11.8 Å². The number of rotatable bonds is 2. The molecule has 4 rings (SSSR count). The Morgan fingerprint density at radius 2 is 1.81 bits per heavy atom. The Balaban J connectivity index is 1.90. The number of thiazole rings is 1. The summed E-state index contributed by atoms with van der Waals surface area (Å²) in [5.74, 6) is -0.441. The van der Waals surface area contributed by atoms with E-state index in [2.05, 4.69) is 0 Å². The molecule has 0 spiro atoms. The van der Waals surface area contributed by atoms with E-state index in [1.807, 2.05) is 0 Å². The second kappa shape index (κ2) is 6.78. The minimum atomic E-state index is -0.395. The van der Waals surface area contributed by atoms with Gasteiger partial charge in [-0.2, -0.15) is 0 Å². The summed E-state index contributed by atoms with van der Waals surface area (Å²) in [6.45, 7) is 0. The zero-order chi connectivity index (χ0) is 19.3. The summed E-state index contributed by atoms with van der Waals surface area (Å²) < 4.78 is 14.8. The molecular formula is C19H13Cl2FN2O2S. The van der Waals surface area contributed by atoms with Crippen LogP contribution in [0.1, 0.15) is 22.8 Å². The standard InChI is InChI=1S/C19H13Cl2FN2O2S/c1-23-18-17(27-19(23)26)14(13-7-2-10(20)8-15(13)21)9-16(25)24(18)12-5-3-11(22)4-6-12/h2-8,14H,9H2,1H3/t14-/m1/s1. The number of amides is 1. The van der Waals surface area contributed by atoms with E-state index in [1.54, 1.807) is 25.2 Å². The molecule has 2 aromatic carbocycles. The molecule has 2 heterocycles. The van der Waals surface area contributed by atoms with E-state index >= 15 is 0 Å². The third kappa shape index (κ3) is 3.08. The van der Waals surface area contributed by atoms with Crippen molar-refractivity contribution in [1.82, 2.24) is 4.57 Å². The van der Waals surface area contributed by atoms with Gasteiger partial charge in [0.2, 0.25) is 5.91 Å². The molecule has 0 unspecified atom stereocenters. The van der Waals surface area contributed by atoms with Gasteiger partial charge in [0.15, 0.2) is 0 Å². The summed E-state index contributed by atoms with van der Waals surface area (Å²) >= 11 is 13.4. The largest absolute Gasteiger partial charge is 0.308 e. The zero-order valence-electron chi connectivity index (χ0n) is 14.1. The highest BCUT2D eigenvalue weighted by Gasteiger charge is 2.38. The Labute approximate surface area is 168 Å². The first-order valence-electron chi connectivity index (χ1n) is 8.10. The topological polar surface area (TPSA) is 42.3 Å². The van der Waals surface area contributed by atoms with Gasteiger partial charge in [-0.05, 0) is 42.0 Å². The molecule has 0 radical (unpaired) electrons. The molecule has 1 atom stereocenters. The van der Waals surface area contributed by atoms with Crippen LogP contribution in [0.2, 0.25) is 10.0 Å². The number of carbonyl (C=O) groups is 1. The van der Waals surface area contributed by atoms with Crippen LogP contribution in [0.15, 0.2) is 47.3 Å². The molecule has 0 bridgehead atoms. The zero-order valence-corrected chi connectivity index (χ0v) is 16.4. The third-order valence-electron chi connectivity index (χ3n) is 4.59. The SMILES string of the molecule is Cn1c2c(sc1=O)[C@@H](c1ccc(Cl)cc1Cl)CC(=O)N2c1ccc(F)cc1. The highest BCUT2D eigenvalue weighted by atomic mass is 35.5. The van der Waals surface area contributed by atoms with Crippen molar-refractivity contribution >= 4 is 52.0 Å². The first kappa shape index (κ1) is 18.2. The fourth-order valence-electron chi connectivity index (χ4n) is 3.32. The van der Waals surface area contributed by atoms with Crippen LogP contribution in [0, 0.1) is 5.82 Å². The van der Waals surface area contributed by atoms with Crippen molar-refractivity contribution in [2.75, 3.05) is 4.90 Å². The number of hydrogen-bond acceptors (Lipinski definition) is 3. The van der Waals surface area contributed by atoms with E-state index < -0.39 is 5.82 Å². The third-order valence-corrected chi connectivity index (χ3v) is 6.29. The molecule has 138 valence electrons. The van der Waals surface area contributed by atoms with E-state index in [-0.39, 0.29) is 23.1 Å². The number of aromatic nitrogens is 1. The minimum absolute atomic E-state index is 0.145. The van der Waals surface area contributed by atoms with Crippen LogP contribution in [0.4, 0.5) is 15.9 Å². The monoisotopic (exact) mass is 422 g/mol. The first-order valence-corrected chi connectivity index (χ1v) is 9.67. The van der Waals surface area contributed by atoms with Crippen molar-refractivity contribution in [3.8, 4) is 0 Å². The van der Waals surface area contributed by atoms with E-state index in [4.69, 9.17) is 23.2 Å². The number of nitrogens with zero attached hydrogens (tertiary/aromatic N) is 2. The summed E-state index contributed by atoms with van der Waals surface area (Å²) in [5, 5.41) is 0.949. The van der Waals surface area contributed by atoms with E-state index in [1.165, 1.54) is 33.7 Å².